The fraction of sp³-hybridized carbons (Fsp3) is 0.207. The SMILES string of the molecule is CCOC(=O)c1ccc(N2C(=O)[C@H]3[C@H](c4cccs4)c4sc(=O)n(CC(=O)Nc5ccc(Cl)c(Cl)c5)c4S[C@H]3C2=O)cc1. The van der Waals surface area contributed by atoms with Gasteiger partial charge in [0, 0.05) is 21.4 Å². The molecule has 0 spiro atoms. The van der Waals surface area contributed by atoms with E-state index in [0.29, 0.717) is 31.9 Å². The highest BCUT2D eigenvalue weighted by Gasteiger charge is 2.57. The van der Waals surface area contributed by atoms with Crippen LogP contribution in [0.1, 0.15) is 33.0 Å². The Morgan fingerprint density at radius 1 is 1.00 bits per heavy atom. The predicted octanol–water partition coefficient (Wildman–Crippen LogP) is 5.89. The van der Waals surface area contributed by atoms with E-state index < -0.39 is 34.9 Å². The van der Waals surface area contributed by atoms with Crippen LogP contribution < -0.4 is 15.1 Å². The number of nitrogens with one attached hydrogen (secondary N) is 1. The van der Waals surface area contributed by atoms with Gasteiger partial charge < -0.3 is 10.1 Å². The minimum absolute atomic E-state index is 0.223. The molecule has 4 aromatic rings. The highest BCUT2D eigenvalue weighted by atomic mass is 35.5. The number of anilines is 2. The maximum Gasteiger partial charge on any atom is 0.338 e. The molecule has 1 fully saturated rings. The van der Waals surface area contributed by atoms with Crippen LogP contribution in [0.25, 0.3) is 0 Å². The van der Waals surface area contributed by atoms with Crippen LogP contribution in [0, 0.1) is 5.92 Å². The molecule has 2 aromatic carbocycles. The van der Waals surface area contributed by atoms with Crippen molar-refractivity contribution in [2.24, 2.45) is 5.92 Å². The number of fused-ring (bicyclic) bond motifs is 2. The topological polar surface area (TPSA) is 115 Å². The second-order valence-corrected chi connectivity index (χ2v) is 13.6. The van der Waals surface area contributed by atoms with Gasteiger partial charge in [0.1, 0.15) is 11.8 Å². The Labute approximate surface area is 267 Å². The van der Waals surface area contributed by atoms with Gasteiger partial charge in [-0.3, -0.25) is 23.7 Å². The first-order valence-electron chi connectivity index (χ1n) is 13.0. The van der Waals surface area contributed by atoms with E-state index in [1.807, 2.05) is 17.5 Å². The van der Waals surface area contributed by atoms with Crippen molar-refractivity contribution < 1.29 is 23.9 Å². The summed E-state index contributed by atoms with van der Waals surface area (Å²) in [4.78, 5) is 68.4. The molecule has 0 aliphatic carbocycles. The number of hydrogen-bond acceptors (Lipinski definition) is 9. The number of carbonyl (C=O) groups is 4. The molecule has 2 aliphatic heterocycles. The van der Waals surface area contributed by atoms with E-state index in [-0.39, 0.29) is 29.0 Å². The monoisotopic (exact) mass is 673 g/mol. The van der Waals surface area contributed by atoms with Gasteiger partial charge in [-0.25, -0.2) is 9.69 Å². The number of amides is 3. The van der Waals surface area contributed by atoms with E-state index in [9.17, 15) is 24.0 Å². The van der Waals surface area contributed by atoms with E-state index in [1.54, 1.807) is 31.2 Å². The molecule has 0 unspecified atom stereocenters. The molecule has 220 valence electrons. The number of aromatic nitrogens is 1. The Bertz CT molecular complexity index is 1820. The summed E-state index contributed by atoms with van der Waals surface area (Å²) in [6, 6.07) is 14.5. The third kappa shape index (κ3) is 5.42. The van der Waals surface area contributed by atoms with E-state index >= 15 is 0 Å². The molecule has 14 heteroatoms. The number of halogens is 2. The number of imide groups is 1. The zero-order chi connectivity index (χ0) is 30.4. The molecule has 9 nitrogen and oxygen atoms in total. The second-order valence-electron chi connectivity index (χ2n) is 9.64. The Balaban J connectivity index is 1.33. The number of ether oxygens (including phenoxy) is 1. The van der Waals surface area contributed by atoms with Gasteiger partial charge in [-0.1, -0.05) is 52.4 Å². The molecule has 6 rings (SSSR count). The standard InChI is InChI=1S/C29H21Cl2N3O6S3/c1-2-40-28(38)14-5-8-16(9-6-14)34-25(36)22-21(19-4-3-11-41-19)24-27(42-23(22)26(34)37)33(29(39)43-24)13-20(35)32-15-7-10-17(30)18(31)12-15/h3-12,21-23H,2,13H2,1H3,(H,32,35)/t21-,22-,23+/m0/s1. The predicted molar refractivity (Wildman–Crippen MR) is 168 cm³/mol. The molecule has 4 heterocycles. The number of benzene rings is 2. The molecule has 2 aliphatic rings. The summed E-state index contributed by atoms with van der Waals surface area (Å²) in [6.07, 6.45) is 0. The van der Waals surface area contributed by atoms with Crippen LogP contribution in [0.4, 0.5) is 11.4 Å². The Kier molecular flexibility index (Phi) is 8.22. The van der Waals surface area contributed by atoms with E-state index in [4.69, 9.17) is 27.9 Å². The van der Waals surface area contributed by atoms with Crippen LogP contribution in [0.3, 0.4) is 0 Å². The average molecular weight is 675 g/mol. The largest absolute Gasteiger partial charge is 0.462 e. The van der Waals surface area contributed by atoms with Crippen molar-refractivity contribution in [3.8, 4) is 0 Å². The van der Waals surface area contributed by atoms with Gasteiger partial charge in [-0.2, -0.15) is 0 Å². The molecule has 0 radical (unpaired) electrons. The van der Waals surface area contributed by atoms with Gasteiger partial charge in [0.25, 0.3) is 0 Å². The fourth-order valence-corrected chi connectivity index (χ4v) is 9.18. The van der Waals surface area contributed by atoms with Crippen molar-refractivity contribution in [2.45, 2.75) is 29.7 Å². The van der Waals surface area contributed by atoms with Gasteiger partial charge in [0.15, 0.2) is 0 Å². The molecule has 2 aromatic heterocycles. The van der Waals surface area contributed by atoms with Crippen LogP contribution in [-0.2, 0) is 25.7 Å². The Hall–Kier alpha value is -3.42. The Morgan fingerprint density at radius 2 is 1.77 bits per heavy atom. The van der Waals surface area contributed by atoms with E-state index in [2.05, 4.69) is 5.32 Å². The summed E-state index contributed by atoms with van der Waals surface area (Å²) in [5.41, 5.74) is 1.06. The molecule has 43 heavy (non-hydrogen) atoms. The van der Waals surface area contributed by atoms with E-state index in [0.717, 1.165) is 32.9 Å². The minimum Gasteiger partial charge on any atom is -0.462 e. The lowest BCUT2D eigenvalue weighted by Gasteiger charge is -2.29. The lowest BCUT2D eigenvalue weighted by atomic mass is 9.87. The van der Waals surface area contributed by atoms with Gasteiger partial charge in [0.05, 0.1) is 38.8 Å². The quantitative estimate of drug-likeness (QED) is 0.192. The molecule has 0 bridgehead atoms. The van der Waals surface area contributed by atoms with Gasteiger partial charge in [-0.05, 0) is 60.8 Å². The minimum atomic E-state index is -0.824. The van der Waals surface area contributed by atoms with Crippen molar-refractivity contribution >= 4 is 92.7 Å². The summed E-state index contributed by atoms with van der Waals surface area (Å²) in [6.45, 7) is 1.63. The van der Waals surface area contributed by atoms with Gasteiger partial charge >= 0.3 is 10.8 Å². The summed E-state index contributed by atoms with van der Waals surface area (Å²) >= 11 is 15.6. The van der Waals surface area contributed by atoms with Gasteiger partial charge in [0.2, 0.25) is 17.7 Å². The van der Waals surface area contributed by atoms with Crippen molar-refractivity contribution in [1.29, 1.82) is 0 Å². The number of thiophene rings is 1. The number of carbonyl (C=O) groups excluding carboxylic acids is 4. The lowest BCUT2D eigenvalue weighted by molar-refractivity contribution is -0.122. The normalized spacial score (nSPS) is 19.2. The average Bonchev–Trinajstić information content (AvgIpc) is 3.68. The molecule has 1 saturated heterocycles. The maximum absolute atomic E-state index is 14.0. The smallest absolute Gasteiger partial charge is 0.338 e. The molecule has 0 saturated carbocycles. The van der Waals surface area contributed by atoms with Crippen LogP contribution in [0.15, 0.2) is 69.8 Å². The third-order valence-corrected chi connectivity index (χ3v) is 11.3. The zero-order valence-corrected chi connectivity index (χ0v) is 26.2. The maximum atomic E-state index is 14.0. The van der Waals surface area contributed by atoms with Crippen LogP contribution in [0.2, 0.25) is 10.0 Å². The molecule has 3 atom stereocenters. The first kappa shape index (κ1) is 29.6. The van der Waals surface area contributed by atoms with Crippen molar-refractivity contribution in [1.82, 2.24) is 4.57 Å². The fourth-order valence-electron chi connectivity index (χ4n) is 5.16. The number of nitrogens with zero attached hydrogens (tertiary/aromatic N) is 2. The lowest BCUT2D eigenvalue weighted by Crippen LogP contribution is -2.32. The van der Waals surface area contributed by atoms with Crippen LogP contribution in [0.5, 0.6) is 0 Å². The first-order chi connectivity index (χ1) is 20.7. The summed E-state index contributed by atoms with van der Waals surface area (Å²) in [5.74, 6) is -3.08. The molecular formula is C29H21Cl2N3O6S3. The zero-order valence-electron chi connectivity index (χ0n) is 22.2. The highest BCUT2D eigenvalue weighted by Crippen LogP contribution is 2.54. The summed E-state index contributed by atoms with van der Waals surface area (Å²) < 4.78 is 6.38. The molecule has 1 N–H and O–H groups in total. The van der Waals surface area contributed by atoms with Crippen molar-refractivity contribution in [3.05, 3.63) is 95.0 Å². The summed E-state index contributed by atoms with van der Waals surface area (Å²) in [7, 11) is 0. The molecular weight excluding hydrogens is 653 g/mol. The highest BCUT2D eigenvalue weighted by molar-refractivity contribution is 8.00. The number of hydrogen-bond donors (Lipinski definition) is 1. The third-order valence-electron chi connectivity index (χ3n) is 7.04. The van der Waals surface area contributed by atoms with E-state index in [1.165, 1.54) is 34.1 Å². The molecule has 3 amide bonds. The van der Waals surface area contributed by atoms with Crippen molar-refractivity contribution in [3.63, 3.8) is 0 Å². The first-order valence-corrected chi connectivity index (χ1v) is 16.3. The van der Waals surface area contributed by atoms with Crippen LogP contribution >= 0.6 is 57.6 Å². The summed E-state index contributed by atoms with van der Waals surface area (Å²) in [5, 5.41) is 4.88. The number of rotatable bonds is 7. The number of esters is 1. The number of thioether (sulfide) groups is 1. The second kappa shape index (κ2) is 11.9. The van der Waals surface area contributed by atoms with Crippen LogP contribution in [-0.4, -0.2) is 40.1 Å². The van der Waals surface area contributed by atoms with Gasteiger partial charge in [-0.15, -0.1) is 11.3 Å². The number of thiazole rings is 1. The Morgan fingerprint density at radius 3 is 2.44 bits per heavy atom. The van der Waals surface area contributed by atoms with Crippen molar-refractivity contribution in [2.75, 3.05) is 16.8 Å².